The molecule has 0 radical (unpaired) electrons. The number of carbonyl (C=O) groups is 4. The minimum absolute atomic E-state index is 0.0123. The summed E-state index contributed by atoms with van der Waals surface area (Å²) in [7, 11) is 0. The normalized spacial score (nSPS) is 15.0. The Kier molecular flexibility index (Phi) is 6.84. The van der Waals surface area contributed by atoms with Crippen LogP contribution in [0.3, 0.4) is 0 Å². The Bertz CT molecular complexity index is 950. The zero-order valence-corrected chi connectivity index (χ0v) is 17.5. The van der Waals surface area contributed by atoms with Crippen molar-refractivity contribution in [2.45, 2.75) is 26.9 Å². The van der Waals surface area contributed by atoms with Crippen molar-refractivity contribution in [2.24, 2.45) is 17.8 Å². The van der Waals surface area contributed by atoms with Gasteiger partial charge in [0.05, 0.1) is 23.0 Å². The molecule has 2 amide bonds. The molecular weight excluding hydrogens is 398 g/mol. The Labute approximate surface area is 180 Å². The third-order valence-electron chi connectivity index (χ3n) is 5.31. The smallest absolute Gasteiger partial charge is 0.310 e. The highest BCUT2D eigenvalue weighted by atomic mass is 16.5. The summed E-state index contributed by atoms with van der Waals surface area (Å²) >= 11 is 0. The average molecular weight is 423 g/mol. The zero-order valence-electron chi connectivity index (χ0n) is 17.5. The number of fused-ring (bicyclic) bond motifs is 1. The molecule has 162 valence electrons. The summed E-state index contributed by atoms with van der Waals surface area (Å²) in [5, 5.41) is 9.88. The number of esters is 1. The van der Waals surface area contributed by atoms with Crippen LogP contribution < -0.4 is 0 Å². The lowest BCUT2D eigenvalue weighted by molar-refractivity contribution is -0.159. The van der Waals surface area contributed by atoms with E-state index in [-0.39, 0.29) is 36.6 Å². The molecule has 1 aliphatic heterocycles. The van der Waals surface area contributed by atoms with Gasteiger partial charge in [-0.3, -0.25) is 24.1 Å². The van der Waals surface area contributed by atoms with Crippen molar-refractivity contribution in [2.75, 3.05) is 6.54 Å². The molecule has 0 unspecified atom stereocenters. The fourth-order valence-corrected chi connectivity index (χ4v) is 3.75. The molecule has 2 atom stereocenters. The van der Waals surface area contributed by atoms with E-state index in [0.717, 1.165) is 10.5 Å². The zero-order chi connectivity index (χ0) is 22.5. The van der Waals surface area contributed by atoms with Crippen LogP contribution in [0.15, 0.2) is 54.6 Å². The van der Waals surface area contributed by atoms with Gasteiger partial charge in [-0.1, -0.05) is 56.3 Å². The molecule has 31 heavy (non-hydrogen) atoms. The van der Waals surface area contributed by atoms with Gasteiger partial charge in [0, 0.05) is 6.54 Å². The van der Waals surface area contributed by atoms with Gasteiger partial charge in [-0.25, -0.2) is 0 Å². The third kappa shape index (κ3) is 4.99. The van der Waals surface area contributed by atoms with Gasteiger partial charge < -0.3 is 9.84 Å². The maximum absolute atomic E-state index is 12.9. The van der Waals surface area contributed by atoms with Crippen LogP contribution in [-0.4, -0.2) is 40.3 Å². The van der Waals surface area contributed by atoms with E-state index < -0.39 is 35.6 Å². The highest BCUT2D eigenvalue weighted by Gasteiger charge is 2.42. The molecule has 0 aliphatic carbocycles. The van der Waals surface area contributed by atoms with Gasteiger partial charge in [-0.15, -0.1) is 0 Å². The van der Waals surface area contributed by atoms with E-state index in [1.54, 1.807) is 24.3 Å². The van der Waals surface area contributed by atoms with Gasteiger partial charge in [0.15, 0.2) is 0 Å². The number of ether oxygens (including phenoxy) is 1. The molecule has 1 heterocycles. The summed E-state index contributed by atoms with van der Waals surface area (Å²) in [4.78, 5) is 51.3. The number of aliphatic carboxylic acids is 1. The predicted molar refractivity (Wildman–Crippen MR) is 112 cm³/mol. The van der Waals surface area contributed by atoms with Crippen LogP contribution in [0.2, 0.25) is 0 Å². The van der Waals surface area contributed by atoms with E-state index >= 15 is 0 Å². The Hall–Kier alpha value is -3.48. The number of amides is 2. The van der Waals surface area contributed by atoms with Crippen molar-refractivity contribution in [3.8, 4) is 0 Å². The SMILES string of the molecule is CC(C)C[C@@H](C(=O)OCc1ccccc1)[C@H](CN1C(=O)c2ccccc2C1=O)C(=O)O. The molecular formula is C24H25NO6. The molecule has 0 saturated heterocycles. The van der Waals surface area contributed by atoms with Crippen molar-refractivity contribution in [3.05, 3.63) is 71.3 Å². The van der Waals surface area contributed by atoms with E-state index in [4.69, 9.17) is 4.74 Å². The first-order valence-corrected chi connectivity index (χ1v) is 10.2. The van der Waals surface area contributed by atoms with Gasteiger partial charge in [0.2, 0.25) is 0 Å². The van der Waals surface area contributed by atoms with Crippen LogP contribution in [0.1, 0.15) is 46.5 Å². The number of benzene rings is 2. The summed E-state index contributed by atoms with van der Waals surface area (Å²) in [6.07, 6.45) is 0.258. The number of hydrogen-bond acceptors (Lipinski definition) is 5. The lowest BCUT2D eigenvalue weighted by atomic mass is 9.85. The molecule has 1 N–H and O–H groups in total. The molecule has 7 nitrogen and oxygen atoms in total. The minimum atomic E-state index is -1.27. The first-order valence-electron chi connectivity index (χ1n) is 10.2. The van der Waals surface area contributed by atoms with Crippen LogP contribution in [0.4, 0.5) is 0 Å². The fourth-order valence-electron chi connectivity index (χ4n) is 3.75. The standard InChI is InChI=1S/C24H25NO6/c1-15(2)12-19(24(30)31-14-16-8-4-3-5-9-16)20(23(28)29)13-25-21(26)17-10-6-7-11-18(17)22(25)27/h3-11,15,19-20H,12-14H2,1-2H3,(H,28,29)/t19-,20+/m1/s1. The Morgan fingerprint density at radius 3 is 1.97 bits per heavy atom. The maximum atomic E-state index is 12.9. The number of imide groups is 1. The second-order valence-electron chi connectivity index (χ2n) is 8.04. The monoisotopic (exact) mass is 423 g/mol. The molecule has 0 saturated carbocycles. The molecule has 0 bridgehead atoms. The first kappa shape index (κ1) is 22.2. The number of carbonyl (C=O) groups excluding carboxylic acids is 3. The summed E-state index contributed by atoms with van der Waals surface area (Å²) < 4.78 is 5.41. The summed E-state index contributed by atoms with van der Waals surface area (Å²) in [5.41, 5.74) is 1.26. The largest absolute Gasteiger partial charge is 0.481 e. The Morgan fingerprint density at radius 1 is 0.903 bits per heavy atom. The summed E-state index contributed by atoms with van der Waals surface area (Å²) in [6.45, 7) is 3.38. The van der Waals surface area contributed by atoms with Crippen molar-refractivity contribution in [1.29, 1.82) is 0 Å². The quantitative estimate of drug-likeness (QED) is 0.490. The third-order valence-corrected chi connectivity index (χ3v) is 5.31. The van der Waals surface area contributed by atoms with Gasteiger partial charge in [-0.05, 0) is 30.0 Å². The molecule has 1 aliphatic rings. The summed E-state index contributed by atoms with van der Waals surface area (Å²) in [5.74, 6) is -5.25. The molecule has 0 fully saturated rings. The maximum Gasteiger partial charge on any atom is 0.310 e. The lowest BCUT2D eigenvalue weighted by Crippen LogP contribution is -2.43. The predicted octanol–water partition coefficient (Wildman–Crippen LogP) is 3.39. The van der Waals surface area contributed by atoms with E-state index in [9.17, 15) is 24.3 Å². The number of carboxylic acid groups (broad SMARTS) is 1. The first-order chi connectivity index (χ1) is 14.8. The molecule has 2 aromatic carbocycles. The van der Waals surface area contributed by atoms with E-state index in [2.05, 4.69) is 0 Å². The van der Waals surface area contributed by atoms with Gasteiger partial charge in [-0.2, -0.15) is 0 Å². The highest BCUT2D eigenvalue weighted by Crippen LogP contribution is 2.29. The van der Waals surface area contributed by atoms with E-state index in [1.165, 1.54) is 12.1 Å². The molecule has 3 rings (SSSR count). The van der Waals surface area contributed by atoms with Crippen molar-refractivity contribution in [1.82, 2.24) is 4.90 Å². The van der Waals surface area contributed by atoms with Crippen molar-refractivity contribution >= 4 is 23.8 Å². The Balaban J connectivity index is 1.80. The van der Waals surface area contributed by atoms with Crippen molar-refractivity contribution in [3.63, 3.8) is 0 Å². The van der Waals surface area contributed by atoms with Gasteiger partial charge >= 0.3 is 11.9 Å². The van der Waals surface area contributed by atoms with Crippen LogP contribution in [0.25, 0.3) is 0 Å². The average Bonchev–Trinajstić information content (AvgIpc) is 2.99. The summed E-state index contributed by atoms with van der Waals surface area (Å²) in [6, 6.07) is 15.4. The molecule has 7 heteroatoms. The second-order valence-corrected chi connectivity index (χ2v) is 8.04. The molecule has 2 aromatic rings. The van der Waals surface area contributed by atoms with E-state index in [1.807, 2.05) is 32.0 Å². The topological polar surface area (TPSA) is 101 Å². The van der Waals surface area contributed by atoms with Gasteiger partial charge in [0.1, 0.15) is 6.61 Å². The number of rotatable bonds is 9. The number of nitrogens with zero attached hydrogens (tertiary/aromatic N) is 1. The number of carboxylic acids is 1. The van der Waals surface area contributed by atoms with Crippen LogP contribution in [0.5, 0.6) is 0 Å². The fraction of sp³-hybridized carbons (Fsp3) is 0.333. The lowest BCUT2D eigenvalue weighted by Gasteiger charge is -2.27. The van der Waals surface area contributed by atoms with Gasteiger partial charge in [0.25, 0.3) is 11.8 Å². The Morgan fingerprint density at radius 2 is 1.45 bits per heavy atom. The van der Waals surface area contributed by atoms with Crippen LogP contribution >= 0.6 is 0 Å². The van der Waals surface area contributed by atoms with Crippen molar-refractivity contribution < 1.29 is 29.0 Å². The molecule has 0 aromatic heterocycles. The minimum Gasteiger partial charge on any atom is -0.481 e. The highest BCUT2D eigenvalue weighted by molar-refractivity contribution is 6.21. The van der Waals surface area contributed by atoms with E-state index in [0.29, 0.717) is 0 Å². The molecule has 0 spiro atoms. The second kappa shape index (κ2) is 9.55. The number of hydrogen-bond donors (Lipinski definition) is 1. The van der Waals surface area contributed by atoms with Crippen LogP contribution in [-0.2, 0) is 20.9 Å². The van der Waals surface area contributed by atoms with Crippen LogP contribution in [0, 0.1) is 17.8 Å².